The average molecular weight is 369 g/mol. The van der Waals surface area contributed by atoms with Crippen LogP contribution in [-0.4, -0.2) is 30.5 Å². The van der Waals surface area contributed by atoms with E-state index in [0.717, 1.165) is 30.8 Å². The minimum atomic E-state index is 0.0710. The summed E-state index contributed by atoms with van der Waals surface area (Å²) in [6, 6.07) is 4.44. The molecule has 146 valence electrons. The molecule has 1 atom stereocenters. The maximum Gasteiger partial charge on any atom is 0.225 e. The number of carbonyl (C=O) groups excluding carboxylic acids is 1. The fraction of sp³-hybridized carbons (Fsp3) is 0.522. The number of hydrogen-bond acceptors (Lipinski definition) is 3. The van der Waals surface area contributed by atoms with Crippen molar-refractivity contribution in [1.29, 1.82) is 0 Å². The number of hydrogen-bond donors (Lipinski definition) is 1. The summed E-state index contributed by atoms with van der Waals surface area (Å²) in [6.45, 7) is 11.5. The van der Waals surface area contributed by atoms with E-state index in [1.165, 1.54) is 27.8 Å². The first-order valence-corrected chi connectivity index (χ1v) is 10.0. The number of ether oxygens (including phenoxy) is 1. The Labute approximate surface area is 163 Å². The lowest BCUT2D eigenvalue weighted by Crippen LogP contribution is -2.40. The fourth-order valence-electron chi connectivity index (χ4n) is 4.48. The van der Waals surface area contributed by atoms with Gasteiger partial charge in [-0.3, -0.25) is 4.79 Å². The normalized spacial score (nSPS) is 19.8. The summed E-state index contributed by atoms with van der Waals surface area (Å²) in [4.78, 5) is 14.8. The molecule has 4 heteroatoms. The van der Waals surface area contributed by atoms with Crippen molar-refractivity contribution in [3.63, 3.8) is 0 Å². The molecule has 1 amide bonds. The van der Waals surface area contributed by atoms with Crippen molar-refractivity contribution in [3.8, 4) is 0 Å². The van der Waals surface area contributed by atoms with Gasteiger partial charge in [-0.25, -0.2) is 0 Å². The summed E-state index contributed by atoms with van der Waals surface area (Å²) in [5.41, 5.74) is 7.23. The van der Waals surface area contributed by atoms with E-state index in [0.29, 0.717) is 6.42 Å². The zero-order valence-corrected chi connectivity index (χ0v) is 17.5. The molecule has 0 saturated heterocycles. The zero-order chi connectivity index (χ0) is 19.7. The second-order valence-corrected chi connectivity index (χ2v) is 7.98. The van der Waals surface area contributed by atoms with Crippen molar-refractivity contribution in [3.05, 3.63) is 57.6 Å². The lowest BCUT2D eigenvalue weighted by molar-refractivity contribution is -0.121. The van der Waals surface area contributed by atoms with Gasteiger partial charge in [0, 0.05) is 32.1 Å². The Kier molecular flexibility index (Phi) is 5.64. The van der Waals surface area contributed by atoms with Gasteiger partial charge in [-0.05, 0) is 55.9 Å². The molecule has 2 heterocycles. The lowest BCUT2D eigenvalue weighted by atomic mass is 9.79. The van der Waals surface area contributed by atoms with Gasteiger partial charge in [-0.15, -0.1) is 0 Å². The molecule has 0 fully saturated rings. The molecule has 0 radical (unpaired) electrons. The number of benzene rings is 1. The quantitative estimate of drug-likeness (QED) is 0.834. The fourth-order valence-corrected chi connectivity index (χ4v) is 4.48. The van der Waals surface area contributed by atoms with Gasteiger partial charge in [0.15, 0.2) is 5.76 Å². The SMILES string of the molecule is CCC(CC)OC1=CN(C)CC2=C1NC(=O)CC2c1c(C)cc(C)cc1C. The van der Waals surface area contributed by atoms with Crippen molar-refractivity contribution < 1.29 is 9.53 Å². The minimum absolute atomic E-state index is 0.0710. The molecule has 0 bridgehead atoms. The van der Waals surface area contributed by atoms with E-state index in [1.807, 2.05) is 6.20 Å². The molecule has 1 aromatic carbocycles. The molecule has 0 aliphatic carbocycles. The molecule has 1 N–H and O–H groups in total. The van der Waals surface area contributed by atoms with E-state index in [4.69, 9.17) is 4.74 Å². The maximum absolute atomic E-state index is 12.6. The van der Waals surface area contributed by atoms with E-state index in [9.17, 15) is 4.79 Å². The number of amides is 1. The third kappa shape index (κ3) is 3.90. The smallest absolute Gasteiger partial charge is 0.225 e. The second-order valence-electron chi connectivity index (χ2n) is 7.98. The number of nitrogens with one attached hydrogen (secondary N) is 1. The second kappa shape index (κ2) is 7.79. The molecule has 0 saturated carbocycles. The van der Waals surface area contributed by atoms with E-state index in [-0.39, 0.29) is 17.9 Å². The van der Waals surface area contributed by atoms with Crippen LogP contribution in [0.15, 0.2) is 35.4 Å². The molecule has 1 unspecified atom stereocenters. The van der Waals surface area contributed by atoms with Crippen LogP contribution in [0, 0.1) is 20.8 Å². The van der Waals surface area contributed by atoms with Gasteiger partial charge in [-0.1, -0.05) is 31.5 Å². The predicted octanol–water partition coefficient (Wildman–Crippen LogP) is 4.46. The summed E-state index contributed by atoms with van der Waals surface area (Å²) >= 11 is 0. The van der Waals surface area contributed by atoms with Crippen LogP contribution in [0.5, 0.6) is 0 Å². The summed E-state index contributed by atoms with van der Waals surface area (Å²) in [5.74, 6) is 0.973. The topological polar surface area (TPSA) is 41.6 Å². The first kappa shape index (κ1) is 19.5. The van der Waals surface area contributed by atoms with Crippen LogP contribution in [0.1, 0.15) is 61.3 Å². The predicted molar refractivity (Wildman–Crippen MR) is 109 cm³/mol. The Morgan fingerprint density at radius 3 is 2.41 bits per heavy atom. The van der Waals surface area contributed by atoms with Gasteiger partial charge in [0.05, 0.1) is 11.8 Å². The molecule has 3 rings (SSSR count). The summed E-state index contributed by atoms with van der Waals surface area (Å²) in [7, 11) is 2.07. The molecule has 0 spiro atoms. The molecular formula is C23H32N2O2. The van der Waals surface area contributed by atoms with Crippen molar-refractivity contribution in [2.45, 2.75) is 65.9 Å². The Morgan fingerprint density at radius 2 is 1.81 bits per heavy atom. The number of aryl methyl sites for hydroxylation is 3. The number of nitrogens with zero attached hydrogens (tertiary/aromatic N) is 1. The number of rotatable bonds is 5. The molecular weight excluding hydrogens is 336 g/mol. The van der Waals surface area contributed by atoms with Gasteiger partial charge in [0.1, 0.15) is 0 Å². The van der Waals surface area contributed by atoms with Crippen LogP contribution in [0.3, 0.4) is 0 Å². The van der Waals surface area contributed by atoms with Crippen LogP contribution >= 0.6 is 0 Å². The maximum atomic E-state index is 12.6. The average Bonchev–Trinajstić information content (AvgIpc) is 2.59. The van der Waals surface area contributed by atoms with Gasteiger partial charge >= 0.3 is 0 Å². The van der Waals surface area contributed by atoms with E-state index < -0.39 is 0 Å². The third-order valence-electron chi connectivity index (χ3n) is 5.69. The highest BCUT2D eigenvalue weighted by atomic mass is 16.5. The lowest BCUT2D eigenvalue weighted by Gasteiger charge is -2.37. The van der Waals surface area contributed by atoms with Gasteiger partial charge < -0.3 is 15.0 Å². The van der Waals surface area contributed by atoms with Gasteiger partial charge in [0.2, 0.25) is 5.91 Å². The summed E-state index contributed by atoms with van der Waals surface area (Å²) in [5, 5.41) is 3.11. The van der Waals surface area contributed by atoms with Crippen LogP contribution in [0.25, 0.3) is 0 Å². The van der Waals surface area contributed by atoms with Crippen molar-refractivity contribution in [2.24, 2.45) is 0 Å². The number of likely N-dealkylation sites (N-methyl/N-ethyl adjacent to an activating group) is 1. The van der Waals surface area contributed by atoms with Gasteiger partial charge in [0.25, 0.3) is 0 Å². The standard InChI is InChI=1S/C23H32N2O2/c1-7-17(8-2)27-20-13-25(6)12-19-18(11-21(26)24-23(19)20)22-15(4)9-14(3)10-16(22)5/h9-10,13,17-18H,7-8,11-12H2,1-6H3,(H,24,26). The van der Waals surface area contributed by atoms with Gasteiger partial charge in [-0.2, -0.15) is 0 Å². The van der Waals surface area contributed by atoms with Crippen molar-refractivity contribution >= 4 is 5.91 Å². The van der Waals surface area contributed by atoms with E-state index in [2.05, 4.69) is 64.0 Å². The van der Waals surface area contributed by atoms with Crippen molar-refractivity contribution in [2.75, 3.05) is 13.6 Å². The van der Waals surface area contributed by atoms with Crippen molar-refractivity contribution in [1.82, 2.24) is 10.2 Å². The van der Waals surface area contributed by atoms with E-state index in [1.54, 1.807) is 0 Å². The zero-order valence-electron chi connectivity index (χ0n) is 17.5. The molecule has 1 aromatic rings. The van der Waals surface area contributed by atoms with Crippen LogP contribution in [0.4, 0.5) is 0 Å². The first-order valence-electron chi connectivity index (χ1n) is 10.0. The highest BCUT2D eigenvalue weighted by Crippen LogP contribution is 2.40. The van der Waals surface area contributed by atoms with E-state index >= 15 is 0 Å². The van der Waals surface area contributed by atoms with Crippen LogP contribution in [-0.2, 0) is 9.53 Å². The Bertz CT molecular complexity index is 780. The summed E-state index contributed by atoms with van der Waals surface area (Å²) < 4.78 is 6.29. The first-order chi connectivity index (χ1) is 12.8. The molecule has 4 nitrogen and oxygen atoms in total. The Morgan fingerprint density at radius 1 is 1.19 bits per heavy atom. The third-order valence-corrected chi connectivity index (χ3v) is 5.69. The highest BCUT2D eigenvalue weighted by Gasteiger charge is 2.35. The monoisotopic (exact) mass is 368 g/mol. The highest BCUT2D eigenvalue weighted by molar-refractivity contribution is 5.83. The summed E-state index contributed by atoms with van der Waals surface area (Å²) in [6.07, 6.45) is 4.59. The van der Waals surface area contributed by atoms with Crippen LogP contribution in [0.2, 0.25) is 0 Å². The van der Waals surface area contributed by atoms with Crippen LogP contribution < -0.4 is 5.32 Å². The largest absolute Gasteiger partial charge is 0.487 e. The molecule has 2 aliphatic rings. The Balaban J connectivity index is 2.07. The molecule has 0 aromatic heterocycles. The molecule has 2 aliphatic heterocycles. The molecule has 27 heavy (non-hydrogen) atoms. The minimum Gasteiger partial charge on any atom is -0.487 e. The number of carbonyl (C=O) groups is 1. The Hall–Kier alpha value is -2.23.